The number of rotatable bonds is 7. The Kier molecular flexibility index (Phi) is 6.39. The van der Waals surface area contributed by atoms with E-state index in [1.54, 1.807) is 0 Å². The van der Waals surface area contributed by atoms with Gasteiger partial charge in [-0.1, -0.05) is 40.5 Å². The molecule has 0 unspecified atom stereocenters. The first kappa shape index (κ1) is 19.5. The smallest absolute Gasteiger partial charge is 0.338 e. The van der Waals surface area contributed by atoms with Crippen LogP contribution in [-0.2, 0) is 4.74 Å². The van der Waals surface area contributed by atoms with E-state index in [9.17, 15) is 25.0 Å². The normalized spacial score (nSPS) is 12.5. The van der Waals surface area contributed by atoms with E-state index in [0.717, 1.165) is 31.0 Å². The molecule has 0 fully saturated rings. The molecular weight excluding hydrogens is 316 g/mol. The van der Waals surface area contributed by atoms with Crippen molar-refractivity contribution in [2.45, 2.75) is 53.1 Å². The molecule has 8 heteroatoms. The summed E-state index contributed by atoms with van der Waals surface area (Å²) in [5.74, 6) is -0.794. The van der Waals surface area contributed by atoms with Crippen LogP contribution in [0.2, 0.25) is 0 Å². The van der Waals surface area contributed by atoms with Gasteiger partial charge >= 0.3 is 5.97 Å². The largest absolute Gasteiger partial charge is 0.458 e. The summed E-state index contributed by atoms with van der Waals surface area (Å²) in [6.07, 6.45) is 2.07. The molecule has 0 spiro atoms. The third kappa shape index (κ3) is 5.29. The maximum atomic E-state index is 12.3. The zero-order valence-electron chi connectivity index (χ0n) is 14.3. The molecule has 132 valence electrons. The van der Waals surface area contributed by atoms with Gasteiger partial charge in [0.2, 0.25) is 0 Å². The quantitative estimate of drug-likeness (QED) is 0.417. The molecule has 24 heavy (non-hydrogen) atoms. The van der Waals surface area contributed by atoms with E-state index in [-0.39, 0.29) is 17.1 Å². The number of nitrogens with zero attached hydrogens (tertiary/aromatic N) is 2. The van der Waals surface area contributed by atoms with Crippen LogP contribution in [0, 0.1) is 25.6 Å². The summed E-state index contributed by atoms with van der Waals surface area (Å²) in [7, 11) is 0. The van der Waals surface area contributed by atoms with Crippen LogP contribution in [0.15, 0.2) is 18.2 Å². The maximum Gasteiger partial charge on any atom is 0.338 e. The van der Waals surface area contributed by atoms with Crippen molar-refractivity contribution in [3.8, 4) is 0 Å². The molecule has 1 atom stereocenters. The summed E-state index contributed by atoms with van der Waals surface area (Å²) >= 11 is 0. The molecule has 0 aromatic heterocycles. The van der Waals surface area contributed by atoms with E-state index in [1.165, 1.54) is 0 Å². The van der Waals surface area contributed by atoms with Crippen molar-refractivity contribution in [3.63, 3.8) is 0 Å². The maximum absolute atomic E-state index is 12.3. The fraction of sp³-hybridized carbons (Fsp3) is 0.562. The van der Waals surface area contributed by atoms with Crippen LogP contribution in [0.5, 0.6) is 0 Å². The fourth-order valence-corrected chi connectivity index (χ4v) is 2.18. The van der Waals surface area contributed by atoms with Gasteiger partial charge in [0.25, 0.3) is 11.4 Å². The zero-order valence-corrected chi connectivity index (χ0v) is 14.3. The molecule has 0 heterocycles. The Hall–Kier alpha value is -2.51. The number of non-ortho nitro benzene ring substituents is 2. The number of nitro benzene ring substituents is 2. The minimum absolute atomic E-state index is 0.193. The number of benzene rings is 1. The van der Waals surface area contributed by atoms with Gasteiger partial charge in [0.15, 0.2) is 0 Å². The molecule has 0 saturated heterocycles. The first-order valence-corrected chi connectivity index (χ1v) is 7.71. The molecule has 1 aromatic rings. The second-order valence-corrected chi connectivity index (χ2v) is 6.65. The van der Waals surface area contributed by atoms with Crippen LogP contribution < -0.4 is 0 Å². The minimum atomic E-state index is -0.794. The summed E-state index contributed by atoms with van der Waals surface area (Å²) in [4.78, 5) is 32.6. The number of nitro groups is 2. The zero-order chi connectivity index (χ0) is 18.5. The fourth-order valence-electron chi connectivity index (χ4n) is 2.18. The molecule has 1 rings (SSSR count). The van der Waals surface area contributed by atoms with Crippen LogP contribution in [-0.4, -0.2) is 21.9 Å². The second-order valence-electron chi connectivity index (χ2n) is 6.65. The van der Waals surface area contributed by atoms with E-state index in [4.69, 9.17) is 4.74 Å². The standard InChI is InChI=1S/C16H22N2O6/c1-5-6-7-14(16(2,3)4)24-15(19)11-8-12(17(20)21)10-13(9-11)18(22)23/h8-10,14H,5-7H2,1-4H3/t14-/m0/s1. The Morgan fingerprint density at radius 3 is 2.00 bits per heavy atom. The second kappa shape index (κ2) is 7.85. The highest BCUT2D eigenvalue weighted by atomic mass is 16.6. The van der Waals surface area contributed by atoms with E-state index >= 15 is 0 Å². The lowest BCUT2D eigenvalue weighted by Gasteiger charge is -2.30. The summed E-state index contributed by atoms with van der Waals surface area (Å²) < 4.78 is 5.49. The summed E-state index contributed by atoms with van der Waals surface area (Å²) in [6.45, 7) is 7.80. The average Bonchev–Trinajstić information content (AvgIpc) is 2.49. The van der Waals surface area contributed by atoms with Crippen molar-refractivity contribution in [3.05, 3.63) is 44.0 Å². The number of unbranched alkanes of at least 4 members (excludes halogenated alkanes) is 1. The molecular formula is C16H22N2O6. The van der Waals surface area contributed by atoms with E-state index in [0.29, 0.717) is 6.42 Å². The highest BCUT2D eigenvalue weighted by Crippen LogP contribution is 2.29. The van der Waals surface area contributed by atoms with Gasteiger partial charge in [-0.2, -0.15) is 0 Å². The van der Waals surface area contributed by atoms with E-state index in [1.807, 2.05) is 27.7 Å². The van der Waals surface area contributed by atoms with E-state index in [2.05, 4.69) is 0 Å². The van der Waals surface area contributed by atoms with Gasteiger partial charge in [0, 0.05) is 12.1 Å². The Morgan fingerprint density at radius 1 is 1.12 bits per heavy atom. The molecule has 1 aromatic carbocycles. The number of hydrogen-bond acceptors (Lipinski definition) is 6. The first-order chi connectivity index (χ1) is 11.1. The van der Waals surface area contributed by atoms with Crippen LogP contribution in [0.25, 0.3) is 0 Å². The predicted octanol–water partition coefficient (Wildman–Crippen LogP) is 4.26. The van der Waals surface area contributed by atoms with Crippen molar-refractivity contribution in [1.29, 1.82) is 0 Å². The molecule has 0 N–H and O–H groups in total. The van der Waals surface area contributed by atoms with Crippen LogP contribution >= 0.6 is 0 Å². The van der Waals surface area contributed by atoms with Crippen molar-refractivity contribution < 1.29 is 19.4 Å². The average molecular weight is 338 g/mol. The topological polar surface area (TPSA) is 113 Å². The number of ether oxygens (including phenoxy) is 1. The Morgan fingerprint density at radius 2 is 1.62 bits per heavy atom. The van der Waals surface area contributed by atoms with Gasteiger partial charge in [-0.15, -0.1) is 0 Å². The van der Waals surface area contributed by atoms with Crippen molar-refractivity contribution >= 4 is 17.3 Å². The van der Waals surface area contributed by atoms with Crippen molar-refractivity contribution in [2.24, 2.45) is 5.41 Å². The number of carbonyl (C=O) groups excluding carboxylic acids is 1. The highest BCUT2D eigenvalue weighted by Gasteiger charge is 2.29. The van der Waals surface area contributed by atoms with Gasteiger partial charge in [0.05, 0.1) is 21.5 Å². The third-order valence-corrected chi connectivity index (χ3v) is 3.59. The van der Waals surface area contributed by atoms with Crippen LogP contribution in [0.3, 0.4) is 0 Å². The molecule has 0 aliphatic rings. The number of carbonyl (C=O) groups is 1. The molecule has 0 saturated carbocycles. The molecule has 0 aliphatic heterocycles. The third-order valence-electron chi connectivity index (χ3n) is 3.59. The Labute approximate surface area is 140 Å². The van der Waals surface area contributed by atoms with Gasteiger partial charge in [-0.25, -0.2) is 4.79 Å². The van der Waals surface area contributed by atoms with Crippen molar-refractivity contribution in [1.82, 2.24) is 0 Å². The molecule has 8 nitrogen and oxygen atoms in total. The molecule has 0 aliphatic carbocycles. The highest BCUT2D eigenvalue weighted by molar-refractivity contribution is 5.91. The van der Waals surface area contributed by atoms with E-state index < -0.39 is 27.2 Å². The summed E-state index contributed by atoms with van der Waals surface area (Å²) in [5.41, 5.74) is -1.53. The Balaban J connectivity index is 3.12. The van der Waals surface area contributed by atoms with Gasteiger partial charge in [-0.3, -0.25) is 20.2 Å². The minimum Gasteiger partial charge on any atom is -0.458 e. The molecule has 0 amide bonds. The van der Waals surface area contributed by atoms with Crippen LogP contribution in [0.4, 0.5) is 11.4 Å². The van der Waals surface area contributed by atoms with Crippen molar-refractivity contribution in [2.75, 3.05) is 0 Å². The van der Waals surface area contributed by atoms with Crippen LogP contribution in [0.1, 0.15) is 57.3 Å². The van der Waals surface area contributed by atoms with Gasteiger partial charge in [0.1, 0.15) is 6.10 Å². The lowest BCUT2D eigenvalue weighted by Crippen LogP contribution is -2.31. The van der Waals surface area contributed by atoms with Gasteiger partial charge in [-0.05, 0) is 11.8 Å². The Bertz CT molecular complexity index is 604. The molecule has 0 bridgehead atoms. The SMILES string of the molecule is CCCC[C@H](OC(=O)c1cc([N+](=O)[O-])cc([N+](=O)[O-])c1)C(C)(C)C. The predicted molar refractivity (Wildman–Crippen MR) is 87.9 cm³/mol. The monoisotopic (exact) mass is 338 g/mol. The number of esters is 1. The first-order valence-electron chi connectivity index (χ1n) is 7.71. The van der Waals surface area contributed by atoms with Gasteiger partial charge < -0.3 is 4.74 Å². The lowest BCUT2D eigenvalue weighted by molar-refractivity contribution is -0.394. The number of hydrogen-bond donors (Lipinski definition) is 0. The summed E-state index contributed by atoms with van der Waals surface area (Å²) in [6, 6.07) is 2.80. The summed E-state index contributed by atoms with van der Waals surface area (Å²) in [5, 5.41) is 21.8. The molecule has 0 radical (unpaired) electrons. The lowest BCUT2D eigenvalue weighted by atomic mass is 9.86.